The maximum absolute atomic E-state index is 12.1. The van der Waals surface area contributed by atoms with Crippen LogP contribution >= 0.6 is 0 Å². The number of pyridine rings is 1. The minimum absolute atomic E-state index is 0.149. The largest absolute Gasteiger partial charge is 0.396 e. The molecule has 0 aliphatic heterocycles. The summed E-state index contributed by atoms with van der Waals surface area (Å²) in [5, 5.41) is 23.0. The highest BCUT2D eigenvalue weighted by Crippen LogP contribution is 2.12. The molecular weight excluding hydrogens is 294 g/mol. The number of carbonyl (C=O) groups is 1. The number of nitrogens with zero attached hydrogens (tertiary/aromatic N) is 3. The van der Waals surface area contributed by atoms with Crippen molar-refractivity contribution in [1.82, 2.24) is 25.2 Å². The molecular formula is C16H25N5O2. The van der Waals surface area contributed by atoms with E-state index in [0.29, 0.717) is 24.7 Å². The lowest BCUT2D eigenvalue weighted by Crippen LogP contribution is -2.40. The van der Waals surface area contributed by atoms with E-state index in [1.165, 1.54) is 0 Å². The number of nitrogens with one attached hydrogen (secondary N) is 2. The number of amides is 2. The molecule has 0 saturated carbocycles. The third kappa shape index (κ3) is 4.66. The molecule has 2 atom stereocenters. The van der Waals surface area contributed by atoms with Gasteiger partial charge in [0.25, 0.3) is 0 Å². The summed E-state index contributed by atoms with van der Waals surface area (Å²) in [5.41, 5.74) is 0.752. The molecule has 23 heavy (non-hydrogen) atoms. The molecule has 0 aliphatic rings. The third-order valence-electron chi connectivity index (χ3n) is 3.86. The molecule has 2 aromatic heterocycles. The Hall–Kier alpha value is -2.15. The molecule has 126 valence electrons. The predicted molar refractivity (Wildman–Crippen MR) is 88.0 cm³/mol. The van der Waals surface area contributed by atoms with Crippen LogP contribution in [0.1, 0.15) is 45.0 Å². The van der Waals surface area contributed by atoms with E-state index in [4.69, 9.17) is 5.11 Å². The molecule has 0 fully saturated rings. The van der Waals surface area contributed by atoms with Gasteiger partial charge in [-0.05, 0) is 37.8 Å². The summed E-state index contributed by atoms with van der Waals surface area (Å²) in [6, 6.07) is 5.18. The standard InChI is InChI=1S/C16H25N5O2/c1-3-6-13(8-10-22)11-17-16(23)18-12(2)15-20-19-14-7-4-5-9-21(14)15/h4-5,7,9,12-13,22H,3,6,8,10-11H2,1-2H3,(H2,17,18,23). The number of hydrogen-bond acceptors (Lipinski definition) is 4. The Morgan fingerprint density at radius 1 is 1.35 bits per heavy atom. The molecule has 0 aromatic carbocycles. The van der Waals surface area contributed by atoms with Gasteiger partial charge in [-0.3, -0.25) is 4.40 Å². The van der Waals surface area contributed by atoms with Crippen molar-refractivity contribution < 1.29 is 9.90 Å². The van der Waals surface area contributed by atoms with Crippen LogP contribution in [-0.2, 0) is 0 Å². The topological polar surface area (TPSA) is 91.5 Å². The van der Waals surface area contributed by atoms with Crippen molar-refractivity contribution in [3.63, 3.8) is 0 Å². The summed E-state index contributed by atoms with van der Waals surface area (Å²) in [4.78, 5) is 12.1. The molecule has 0 radical (unpaired) electrons. The first-order valence-electron chi connectivity index (χ1n) is 8.10. The highest BCUT2D eigenvalue weighted by Gasteiger charge is 2.16. The summed E-state index contributed by atoms with van der Waals surface area (Å²) in [6.45, 7) is 4.69. The quantitative estimate of drug-likeness (QED) is 0.693. The summed E-state index contributed by atoms with van der Waals surface area (Å²) in [5.74, 6) is 0.996. The second-order valence-corrected chi connectivity index (χ2v) is 5.73. The fraction of sp³-hybridized carbons (Fsp3) is 0.562. The molecule has 2 unspecified atom stereocenters. The highest BCUT2D eigenvalue weighted by molar-refractivity contribution is 5.74. The van der Waals surface area contributed by atoms with Crippen molar-refractivity contribution in [3.05, 3.63) is 30.2 Å². The number of hydrogen-bond donors (Lipinski definition) is 3. The molecule has 2 aromatic rings. The zero-order valence-corrected chi connectivity index (χ0v) is 13.7. The van der Waals surface area contributed by atoms with Crippen LogP contribution in [-0.4, -0.2) is 38.9 Å². The molecule has 2 heterocycles. The van der Waals surface area contributed by atoms with E-state index >= 15 is 0 Å². The lowest BCUT2D eigenvalue weighted by Gasteiger charge is -2.17. The third-order valence-corrected chi connectivity index (χ3v) is 3.86. The van der Waals surface area contributed by atoms with Crippen LogP contribution in [0.25, 0.3) is 5.65 Å². The smallest absolute Gasteiger partial charge is 0.315 e. The molecule has 7 nitrogen and oxygen atoms in total. The monoisotopic (exact) mass is 319 g/mol. The first-order chi connectivity index (χ1) is 11.2. The average molecular weight is 319 g/mol. The van der Waals surface area contributed by atoms with Crippen LogP contribution in [0.15, 0.2) is 24.4 Å². The van der Waals surface area contributed by atoms with Crippen molar-refractivity contribution in [2.24, 2.45) is 5.92 Å². The number of rotatable bonds is 8. The number of fused-ring (bicyclic) bond motifs is 1. The molecule has 0 spiro atoms. The van der Waals surface area contributed by atoms with Crippen LogP contribution in [0.5, 0.6) is 0 Å². The van der Waals surface area contributed by atoms with Crippen molar-refractivity contribution in [2.45, 2.75) is 39.2 Å². The molecule has 7 heteroatoms. The zero-order chi connectivity index (χ0) is 16.7. The van der Waals surface area contributed by atoms with Crippen LogP contribution in [0, 0.1) is 5.92 Å². The molecule has 0 bridgehead atoms. The Morgan fingerprint density at radius 2 is 2.17 bits per heavy atom. The van der Waals surface area contributed by atoms with Gasteiger partial charge in [0.15, 0.2) is 11.5 Å². The second-order valence-electron chi connectivity index (χ2n) is 5.73. The Bertz CT molecular complexity index is 622. The van der Waals surface area contributed by atoms with E-state index in [1.54, 1.807) is 0 Å². The van der Waals surface area contributed by atoms with Crippen molar-refractivity contribution in [1.29, 1.82) is 0 Å². The van der Waals surface area contributed by atoms with Gasteiger partial charge in [-0.1, -0.05) is 19.4 Å². The number of aliphatic hydroxyl groups excluding tert-OH is 1. The van der Waals surface area contributed by atoms with Gasteiger partial charge in [0.2, 0.25) is 0 Å². The van der Waals surface area contributed by atoms with Gasteiger partial charge in [-0.2, -0.15) is 0 Å². The van der Waals surface area contributed by atoms with Gasteiger partial charge < -0.3 is 15.7 Å². The van der Waals surface area contributed by atoms with Gasteiger partial charge >= 0.3 is 6.03 Å². The number of aromatic nitrogens is 3. The van der Waals surface area contributed by atoms with Crippen molar-refractivity contribution in [2.75, 3.05) is 13.2 Å². The van der Waals surface area contributed by atoms with Crippen molar-refractivity contribution >= 4 is 11.7 Å². The summed E-state index contributed by atoms with van der Waals surface area (Å²) in [7, 11) is 0. The van der Waals surface area contributed by atoms with Gasteiger partial charge in [0.05, 0.1) is 6.04 Å². The minimum atomic E-state index is -0.255. The van der Waals surface area contributed by atoms with Gasteiger partial charge in [0, 0.05) is 19.3 Å². The van der Waals surface area contributed by atoms with Crippen LogP contribution in [0.4, 0.5) is 4.79 Å². The maximum atomic E-state index is 12.1. The van der Waals surface area contributed by atoms with Crippen LogP contribution in [0.3, 0.4) is 0 Å². The molecule has 2 amide bonds. The van der Waals surface area contributed by atoms with E-state index in [1.807, 2.05) is 35.7 Å². The van der Waals surface area contributed by atoms with Crippen LogP contribution < -0.4 is 10.6 Å². The predicted octanol–water partition coefficient (Wildman–Crippen LogP) is 1.89. The molecule has 3 N–H and O–H groups in total. The average Bonchev–Trinajstić information content (AvgIpc) is 2.97. The first-order valence-corrected chi connectivity index (χ1v) is 8.10. The summed E-state index contributed by atoms with van der Waals surface area (Å²) in [6.07, 6.45) is 4.61. The highest BCUT2D eigenvalue weighted by atomic mass is 16.3. The summed E-state index contributed by atoms with van der Waals surface area (Å²) < 4.78 is 1.86. The number of urea groups is 1. The SMILES string of the molecule is CCCC(CCO)CNC(=O)NC(C)c1nnc2ccccn12. The molecule has 0 aliphatic carbocycles. The summed E-state index contributed by atoms with van der Waals surface area (Å²) >= 11 is 0. The fourth-order valence-corrected chi connectivity index (χ4v) is 2.64. The fourth-order valence-electron chi connectivity index (χ4n) is 2.64. The van der Waals surface area contributed by atoms with Gasteiger partial charge in [0.1, 0.15) is 0 Å². The van der Waals surface area contributed by atoms with E-state index in [0.717, 1.165) is 18.5 Å². The van der Waals surface area contributed by atoms with Gasteiger partial charge in [-0.15, -0.1) is 10.2 Å². The first kappa shape index (κ1) is 17.2. The molecule has 2 rings (SSSR count). The maximum Gasteiger partial charge on any atom is 0.315 e. The van der Waals surface area contributed by atoms with E-state index in [9.17, 15) is 4.79 Å². The Kier molecular flexibility index (Phi) is 6.34. The Balaban J connectivity index is 1.89. The van der Waals surface area contributed by atoms with Crippen LogP contribution in [0.2, 0.25) is 0 Å². The zero-order valence-electron chi connectivity index (χ0n) is 13.7. The Labute approximate surface area is 136 Å². The Morgan fingerprint density at radius 3 is 2.91 bits per heavy atom. The van der Waals surface area contributed by atoms with Gasteiger partial charge in [-0.25, -0.2) is 4.79 Å². The lowest BCUT2D eigenvalue weighted by atomic mass is 10.0. The van der Waals surface area contributed by atoms with E-state index < -0.39 is 0 Å². The number of aliphatic hydroxyl groups is 1. The normalized spacial score (nSPS) is 13.7. The van der Waals surface area contributed by atoms with E-state index in [2.05, 4.69) is 27.8 Å². The number of carbonyl (C=O) groups excluding carboxylic acids is 1. The lowest BCUT2D eigenvalue weighted by molar-refractivity contribution is 0.226. The second kappa shape index (κ2) is 8.47. The minimum Gasteiger partial charge on any atom is -0.396 e. The van der Waals surface area contributed by atoms with Crippen molar-refractivity contribution in [3.8, 4) is 0 Å². The van der Waals surface area contributed by atoms with E-state index in [-0.39, 0.29) is 18.7 Å². The molecule has 0 saturated heterocycles.